The topological polar surface area (TPSA) is 13.1 Å². The van der Waals surface area contributed by atoms with Gasteiger partial charge < -0.3 is 4.42 Å². The van der Waals surface area contributed by atoms with Crippen LogP contribution in [0.2, 0.25) is 0 Å². The predicted molar refractivity (Wildman–Crippen MR) is 96.4 cm³/mol. The molecule has 0 fully saturated rings. The zero-order valence-corrected chi connectivity index (χ0v) is 13.9. The van der Waals surface area contributed by atoms with E-state index in [-0.39, 0.29) is 0 Å². The van der Waals surface area contributed by atoms with E-state index in [4.69, 9.17) is 4.42 Å². The van der Waals surface area contributed by atoms with Crippen LogP contribution in [0.4, 0.5) is 0 Å². The second-order valence-electron chi connectivity index (χ2n) is 5.62. The van der Waals surface area contributed by atoms with Gasteiger partial charge in [-0.05, 0) is 64.3 Å². The Labute approximate surface area is 137 Å². The SMILES string of the molecule is CC1CC=Cc2oc3cc(-c4ccccc4)cc(I)c3c21. The van der Waals surface area contributed by atoms with Crippen LogP contribution in [-0.4, -0.2) is 0 Å². The summed E-state index contributed by atoms with van der Waals surface area (Å²) in [6.07, 6.45) is 5.42. The number of benzene rings is 2. The monoisotopic (exact) mass is 386 g/mol. The van der Waals surface area contributed by atoms with Crippen molar-refractivity contribution in [2.75, 3.05) is 0 Å². The van der Waals surface area contributed by atoms with Gasteiger partial charge in [-0.25, -0.2) is 0 Å². The van der Waals surface area contributed by atoms with Gasteiger partial charge in [0.05, 0.1) is 0 Å². The van der Waals surface area contributed by atoms with E-state index in [0.29, 0.717) is 5.92 Å². The normalized spacial score (nSPS) is 17.1. The molecule has 0 aliphatic heterocycles. The van der Waals surface area contributed by atoms with Gasteiger partial charge in [-0.15, -0.1) is 0 Å². The summed E-state index contributed by atoms with van der Waals surface area (Å²) in [6.45, 7) is 2.28. The van der Waals surface area contributed by atoms with Crippen molar-refractivity contribution in [3.63, 3.8) is 0 Å². The Hall–Kier alpha value is -1.55. The summed E-state index contributed by atoms with van der Waals surface area (Å²) < 4.78 is 7.39. The minimum Gasteiger partial charge on any atom is -0.456 e. The lowest BCUT2D eigenvalue weighted by molar-refractivity contribution is 0.586. The predicted octanol–water partition coefficient (Wildman–Crippen LogP) is 6.22. The molecule has 0 amide bonds. The maximum Gasteiger partial charge on any atom is 0.136 e. The van der Waals surface area contributed by atoms with Gasteiger partial charge in [0.25, 0.3) is 0 Å². The van der Waals surface area contributed by atoms with E-state index in [1.807, 2.05) is 6.07 Å². The van der Waals surface area contributed by atoms with Gasteiger partial charge in [0, 0.05) is 14.5 Å². The van der Waals surface area contributed by atoms with Gasteiger partial charge in [0.15, 0.2) is 0 Å². The molecule has 0 saturated carbocycles. The Bertz CT molecular complexity index is 843. The third-order valence-electron chi connectivity index (χ3n) is 4.17. The highest BCUT2D eigenvalue weighted by Gasteiger charge is 2.22. The first-order chi connectivity index (χ1) is 10.2. The summed E-state index contributed by atoms with van der Waals surface area (Å²) in [7, 11) is 0. The molecular formula is C19H15IO. The molecular weight excluding hydrogens is 371 g/mol. The molecule has 0 radical (unpaired) electrons. The van der Waals surface area contributed by atoms with Crippen LogP contribution in [0.15, 0.2) is 53.0 Å². The fraction of sp³-hybridized carbons (Fsp3) is 0.158. The Balaban J connectivity index is 1.98. The Morgan fingerprint density at radius 2 is 1.90 bits per heavy atom. The number of halogens is 1. The molecule has 4 rings (SSSR count). The molecule has 0 bridgehead atoms. The minimum atomic E-state index is 0.530. The smallest absolute Gasteiger partial charge is 0.136 e. The lowest BCUT2D eigenvalue weighted by Gasteiger charge is -2.13. The fourth-order valence-corrected chi connectivity index (χ4v) is 4.02. The Morgan fingerprint density at radius 1 is 1.10 bits per heavy atom. The molecule has 3 aromatic rings. The number of fused-ring (bicyclic) bond motifs is 3. The number of allylic oxidation sites excluding steroid dienone is 1. The van der Waals surface area contributed by atoms with E-state index in [0.717, 1.165) is 17.8 Å². The second-order valence-corrected chi connectivity index (χ2v) is 6.78. The van der Waals surface area contributed by atoms with Crippen LogP contribution in [0.1, 0.15) is 30.6 Å². The number of furan rings is 1. The molecule has 104 valence electrons. The molecule has 1 aliphatic carbocycles. The number of hydrogen-bond acceptors (Lipinski definition) is 1. The molecule has 1 aliphatic rings. The van der Waals surface area contributed by atoms with E-state index in [1.165, 1.54) is 25.6 Å². The first-order valence-electron chi connectivity index (χ1n) is 7.22. The van der Waals surface area contributed by atoms with Crippen LogP contribution < -0.4 is 0 Å². The van der Waals surface area contributed by atoms with Crippen molar-refractivity contribution in [1.82, 2.24) is 0 Å². The molecule has 2 heteroatoms. The van der Waals surface area contributed by atoms with Crippen LogP contribution in [0.25, 0.3) is 28.2 Å². The average molecular weight is 386 g/mol. The van der Waals surface area contributed by atoms with Crippen molar-refractivity contribution in [2.24, 2.45) is 0 Å². The van der Waals surface area contributed by atoms with Crippen LogP contribution in [-0.2, 0) is 0 Å². The molecule has 1 heterocycles. The zero-order valence-electron chi connectivity index (χ0n) is 11.8. The van der Waals surface area contributed by atoms with E-state index < -0.39 is 0 Å². The molecule has 1 atom stereocenters. The van der Waals surface area contributed by atoms with Crippen molar-refractivity contribution in [3.05, 3.63) is 63.4 Å². The Morgan fingerprint density at radius 3 is 2.71 bits per heavy atom. The van der Waals surface area contributed by atoms with Gasteiger partial charge in [-0.1, -0.05) is 43.3 Å². The van der Waals surface area contributed by atoms with E-state index >= 15 is 0 Å². The van der Waals surface area contributed by atoms with Gasteiger partial charge in [-0.2, -0.15) is 0 Å². The first-order valence-corrected chi connectivity index (χ1v) is 8.30. The lowest BCUT2D eigenvalue weighted by Crippen LogP contribution is -1.97. The third-order valence-corrected chi connectivity index (χ3v) is 5.02. The van der Waals surface area contributed by atoms with Crippen molar-refractivity contribution in [2.45, 2.75) is 19.3 Å². The first kappa shape index (κ1) is 13.1. The van der Waals surface area contributed by atoms with Gasteiger partial charge in [0.2, 0.25) is 0 Å². The Kier molecular flexibility index (Phi) is 3.14. The minimum absolute atomic E-state index is 0.530. The van der Waals surface area contributed by atoms with E-state index in [2.05, 4.69) is 78.1 Å². The van der Waals surface area contributed by atoms with Gasteiger partial charge >= 0.3 is 0 Å². The maximum absolute atomic E-state index is 6.11. The zero-order chi connectivity index (χ0) is 14.4. The molecule has 0 saturated heterocycles. The summed E-state index contributed by atoms with van der Waals surface area (Å²) >= 11 is 2.44. The summed E-state index contributed by atoms with van der Waals surface area (Å²) in [6, 6.07) is 14.9. The standard InChI is InChI=1S/C19H15IO/c1-12-6-5-9-16-18(12)19-15(20)10-14(11-17(19)21-16)13-7-3-2-4-8-13/h2-5,7-12H,6H2,1H3. The van der Waals surface area contributed by atoms with Crippen LogP contribution >= 0.6 is 22.6 Å². The molecule has 1 unspecified atom stereocenters. The van der Waals surface area contributed by atoms with E-state index in [9.17, 15) is 0 Å². The average Bonchev–Trinajstić information content (AvgIpc) is 2.88. The second kappa shape index (κ2) is 5.02. The van der Waals surface area contributed by atoms with Gasteiger partial charge in [0.1, 0.15) is 11.3 Å². The van der Waals surface area contributed by atoms with Crippen molar-refractivity contribution >= 4 is 39.6 Å². The third kappa shape index (κ3) is 2.13. The quantitative estimate of drug-likeness (QED) is 0.452. The summed E-state index contributed by atoms with van der Waals surface area (Å²) in [4.78, 5) is 0. The molecule has 1 nitrogen and oxygen atoms in total. The number of hydrogen-bond donors (Lipinski definition) is 0. The maximum atomic E-state index is 6.11. The van der Waals surface area contributed by atoms with Crippen LogP contribution in [0.5, 0.6) is 0 Å². The highest BCUT2D eigenvalue weighted by Crippen LogP contribution is 2.41. The highest BCUT2D eigenvalue weighted by atomic mass is 127. The summed E-state index contributed by atoms with van der Waals surface area (Å²) in [5.41, 5.74) is 4.83. The molecule has 21 heavy (non-hydrogen) atoms. The van der Waals surface area contributed by atoms with Crippen molar-refractivity contribution in [1.29, 1.82) is 0 Å². The van der Waals surface area contributed by atoms with Crippen LogP contribution in [0.3, 0.4) is 0 Å². The molecule has 1 aromatic heterocycles. The van der Waals surface area contributed by atoms with Crippen molar-refractivity contribution in [3.8, 4) is 11.1 Å². The summed E-state index contributed by atoms with van der Waals surface area (Å²) in [5.74, 6) is 1.56. The van der Waals surface area contributed by atoms with Crippen molar-refractivity contribution < 1.29 is 4.42 Å². The van der Waals surface area contributed by atoms with E-state index in [1.54, 1.807) is 0 Å². The molecule has 0 spiro atoms. The molecule has 2 aromatic carbocycles. The van der Waals surface area contributed by atoms with Crippen LogP contribution in [0, 0.1) is 3.57 Å². The lowest BCUT2D eigenvalue weighted by atomic mass is 9.90. The fourth-order valence-electron chi connectivity index (χ4n) is 3.13. The summed E-state index contributed by atoms with van der Waals surface area (Å²) in [5, 5.41) is 1.29. The largest absolute Gasteiger partial charge is 0.456 e. The highest BCUT2D eigenvalue weighted by molar-refractivity contribution is 14.1. The number of rotatable bonds is 1. The van der Waals surface area contributed by atoms with Gasteiger partial charge in [-0.3, -0.25) is 0 Å². The molecule has 0 N–H and O–H groups in total.